The Kier molecular flexibility index (Phi) is 6.89. The quantitative estimate of drug-likeness (QED) is 0.707. The van der Waals surface area contributed by atoms with Gasteiger partial charge in [0.15, 0.2) is 0 Å². The van der Waals surface area contributed by atoms with Crippen molar-refractivity contribution in [2.45, 2.75) is 39.8 Å². The van der Waals surface area contributed by atoms with Crippen LogP contribution >= 0.6 is 0 Å². The van der Waals surface area contributed by atoms with Crippen molar-refractivity contribution >= 4 is 10.2 Å². The zero-order valence-corrected chi connectivity index (χ0v) is 15.0. The lowest BCUT2D eigenvalue weighted by atomic mass is 10.1. The van der Waals surface area contributed by atoms with E-state index in [1.807, 2.05) is 38.1 Å². The fourth-order valence-electron chi connectivity index (χ4n) is 2.48. The summed E-state index contributed by atoms with van der Waals surface area (Å²) in [6.07, 6.45) is 4.72. The van der Waals surface area contributed by atoms with Crippen molar-refractivity contribution in [3.8, 4) is 0 Å². The molecule has 0 saturated carbocycles. The third-order valence-electron chi connectivity index (χ3n) is 3.65. The maximum atomic E-state index is 12.5. The minimum absolute atomic E-state index is 0.261. The van der Waals surface area contributed by atoms with Crippen LogP contribution in [0.3, 0.4) is 0 Å². The van der Waals surface area contributed by atoms with Crippen molar-refractivity contribution in [2.75, 3.05) is 13.1 Å². The molecule has 0 spiro atoms. The van der Waals surface area contributed by atoms with Crippen molar-refractivity contribution < 1.29 is 8.42 Å². The van der Waals surface area contributed by atoms with E-state index in [9.17, 15) is 8.42 Å². The Bertz CT molecular complexity index is 710. The van der Waals surface area contributed by atoms with Gasteiger partial charge in [-0.25, -0.2) is 9.67 Å². The largest absolute Gasteiger partial charge is 0.279 e. The van der Waals surface area contributed by atoms with Gasteiger partial charge in [-0.1, -0.05) is 38.1 Å². The summed E-state index contributed by atoms with van der Waals surface area (Å²) in [6.45, 7) is 5.84. The topological polar surface area (TPSA) is 80.1 Å². The Morgan fingerprint density at radius 1 is 1.12 bits per heavy atom. The minimum Gasteiger partial charge on any atom is -0.249 e. The molecule has 1 N–H and O–H groups in total. The van der Waals surface area contributed by atoms with Crippen molar-refractivity contribution in [3.63, 3.8) is 0 Å². The summed E-state index contributed by atoms with van der Waals surface area (Å²) in [6, 6.07) is 7.75. The molecule has 0 atom stereocenters. The molecular formula is C16H25N5O2S. The van der Waals surface area contributed by atoms with E-state index in [2.05, 4.69) is 14.8 Å². The molecule has 0 aliphatic carbocycles. The van der Waals surface area contributed by atoms with E-state index in [0.29, 0.717) is 19.6 Å². The lowest BCUT2D eigenvalue weighted by Gasteiger charge is -2.21. The van der Waals surface area contributed by atoms with Gasteiger partial charge in [0.2, 0.25) is 0 Å². The molecule has 0 fully saturated rings. The van der Waals surface area contributed by atoms with Crippen molar-refractivity contribution in [3.05, 3.63) is 48.0 Å². The zero-order chi connectivity index (χ0) is 17.4. The van der Waals surface area contributed by atoms with E-state index in [4.69, 9.17) is 0 Å². The van der Waals surface area contributed by atoms with E-state index in [1.165, 1.54) is 10.6 Å². The third kappa shape index (κ3) is 5.12. The maximum Gasteiger partial charge on any atom is 0.279 e. The first-order chi connectivity index (χ1) is 11.6. The van der Waals surface area contributed by atoms with Crippen molar-refractivity contribution in [1.82, 2.24) is 23.8 Å². The molecule has 1 heterocycles. The number of aromatic nitrogens is 3. The van der Waals surface area contributed by atoms with Gasteiger partial charge >= 0.3 is 0 Å². The van der Waals surface area contributed by atoms with Crippen LogP contribution in [0.15, 0.2) is 36.9 Å². The first-order valence-electron chi connectivity index (χ1n) is 8.20. The highest BCUT2D eigenvalue weighted by Crippen LogP contribution is 2.11. The molecule has 0 aliphatic rings. The van der Waals surface area contributed by atoms with E-state index in [1.54, 1.807) is 11.0 Å². The predicted octanol–water partition coefficient (Wildman–Crippen LogP) is 1.78. The second-order valence-corrected chi connectivity index (χ2v) is 7.34. The summed E-state index contributed by atoms with van der Waals surface area (Å²) in [7, 11) is -3.48. The Labute approximate surface area is 143 Å². The van der Waals surface area contributed by atoms with Crippen LogP contribution in [0, 0.1) is 0 Å². The first-order valence-corrected chi connectivity index (χ1v) is 9.64. The summed E-state index contributed by atoms with van der Waals surface area (Å²) in [5.41, 5.74) is 1.95. The lowest BCUT2D eigenvalue weighted by Crippen LogP contribution is -2.41. The van der Waals surface area contributed by atoms with Crippen LogP contribution in [-0.2, 0) is 23.3 Å². The summed E-state index contributed by atoms with van der Waals surface area (Å²) >= 11 is 0. The van der Waals surface area contributed by atoms with Gasteiger partial charge in [-0.15, -0.1) is 0 Å². The Morgan fingerprint density at radius 3 is 2.38 bits per heavy atom. The van der Waals surface area contributed by atoms with Gasteiger partial charge in [-0.2, -0.15) is 22.5 Å². The first kappa shape index (κ1) is 18.6. The predicted molar refractivity (Wildman–Crippen MR) is 93.5 cm³/mol. The van der Waals surface area contributed by atoms with Crippen LogP contribution in [-0.4, -0.2) is 40.6 Å². The van der Waals surface area contributed by atoms with E-state index in [-0.39, 0.29) is 6.54 Å². The molecule has 2 aromatic rings. The van der Waals surface area contributed by atoms with Crippen LogP contribution in [0.4, 0.5) is 0 Å². The highest BCUT2D eigenvalue weighted by molar-refractivity contribution is 7.87. The molecule has 1 aromatic carbocycles. The second-order valence-electron chi connectivity index (χ2n) is 5.59. The molecule has 1 aromatic heterocycles. The smallest absolute Gasteiger partial charge is 0.249 e. The molecule has 8 heteroatoms. The molecular weight excluding hydrogens is 326 g/mol. The average Bonchev–Trinajstić information content (AvgIpc) is 3.07. The van der Waals surface area contributed by atoms with Gasteiger partial charge in [0.1, 0.15) is 12.7 Å². The highest BCUT2D eigenvalue weighted by Gasteiger charge is 2.20. The number of nitrogens with zero attached hydrogens (tertiary/aromatic N) is 4. The number of benzene rings is 1. The Hall–Kier alpha value is -1.77. The molecule has 0 amide bonds. The Morgan fingerprint density at radius 2 is 1.79 bits per heavy atom. The lowest BCUT2D eigenvalue weighted by molar-refractivity contribution is 0.401. The Balaban J connectivity index is 2.08. The van der Waals surface area contributed by atoms with E-state index < -0.39 is 10.2 Å². The van der Waals surface area contributed by atoms with Gasteiger partial charge < -0.3 is 0 Å². The zero-order valence-electron chi connectivity index (χ0n) is 14.2. The average molecular weight is 351 g/mol. The van der Waals surface area contributed by atoms with Crippen LogP contribution in [0.25, 0.3) is 0 Å². The molecule has 0 unspecified atom stereocenters. The molecule has 24 heavy (non-hydrogen) atoms. The molecule has 0 radical (unpaired) electrons. The van der Waals surface area contributed by atoms with Gasteiger partial charge in [-0.05, 0) is 24.0 Å². The SMILES string of the molecule is CCCN(CCC)S(=O)(=O)NCc1ccccc1Cn1cncn1. The van der Waals surface area contributed by atoms with Crippen molar-refractivity contribution in [2.24, 2.45) is 0 Å². The number of rotatable bonds is 10. The summed E-state index contributed by atoms with van der Waals surface area (Å²) in [5, 5.41) is 4.10. The standard InChI is InChI=1S/C16H25N5O2S/c1-3-9-21(10-4-2)24(22,23)19-11-15-7-5-6-8-16(15)12-20-14-17-13-18-20/h5-8,13-14,19H,3-4,9-12H2,1-2H3. The van der Waals surface area contributed by atoms with Crippen LogP contribution in [0.5, 0.6) is 0 Å². The number of hydrogen-bond acceptors (Lipinski definition) is 4. The third-order valence-corrected chi connectivity index (χ3v) is 5.20. The normalized spacial score (nSPS) is 12.0. The molecule has 0 bridgehead atoms. The van der Waals surface area contributed by atoms with Crippen LogP contribution < -0.4 is 4.72 Å². The molecule has 132 valence electrons. The highest BCUT2D eigenvalue weighted by atomic mass is 32.2. The molecule has 0 saturated heterocycles. The van der Waals surface area contributed by atoms with Gasteiger partial charge in [0, 0.05) is 19.6 Å². The fourth-order valence-corrected chi connectivity index (χ4v) is 3.85. The van der Waals surface area contributed by atoms with Crippen LogP contribution in [0.1, 0.15) is 37.8 Å². The van der Waals surface area contributed by atoms with Gasteiger partial charge in [0.25, 0.3) is 10.2 Å². The molecule has 0 aliphatic heterocycles. The number of hydrogen-bond donors (Lipinski definition) is 1. The summed E-state index contributed by atoms with van der Waals surface area (Å²) in [5.74, 6) is 0. The summed E-state index contributed by atoms with van der Waals surface area (Å²) in [4.78, 5) is 3.93. The monoisotopic (exact) mass is 351 g/mol. The number of nitrogens with one attached hydrogen (secondary N) is 1. The molecule has 2 rings (SSSR count). The van der Waals surface area contributed by atoms with Crippen LogP contribution in [0.2, 0.25) is 0 Å². The fraction of sp³-hybridized carbons (Fsp3) is 0.500. The maximum absolute atomic E-state index is 12.5. The van der Waals surface area contributed by atoms with Gasteiger partial charge in [0.05, 0.1) is 6.54 Å². The second kappa shape index (κ2) is 8.91. The summed E-state index contributed by atoms with van der Waals surface area (Å²) < 4.78 is 30.9. The van der Waals surface area contributed by atoms with Gasteiger partial charge in [-0.3, -0.25) is 0 Å². The van der Waals surface area contributed by atoms with E-state index >= 15 is 0 Å². The van der Waals surface area contributed by atoms with E-state index in [0.717, 1.165) is 24.0 Å². The minimum atomic E-state index is -3.48. The van der Waals surface area contributed by atoms with Crippen molar-refractivity contribution in [1.29, 1.82) is 0 Å². The molecule has 7 nitrogen and oxygen atoms in total.